The molecule has 1 aliphatic carbocycles. The van der Waals surface area contributed by atoms with E-state index < -0.39 is 0 Å². The van der Waals surface area contributed by atoms with Gasteiger partial charge in [0.05, 0.1) is 11.9 Å². The van der Waals surface area contributed by atoms with Crippen LogP contribution in [0.4, 0.5) is 0 Å². The normalized spacial score (nSPS) is 14.3. The third-order valence-electron chi connectivity index (χ3n) is 5.57. The highest BCUT2D eigenvalue weighted by Crippen LogP contribution is 2.33. The van der Waals surface area contributed by atoms with E-state index in [0.717, 1.165) is 34.6 Å². The average Bonchev–Trinajstić information content (AvgIpc) is 3.02. The molecule has 4 rings (SSSR count). The average molecular weight is 397 g/mol. The molecular formula is C23H28N2O2S. The van der Waals surface area contributed by atoms with E-state index in [1.54, 1.807) is 15.9 Å². The van der Waals surface area contributed by atoms with E-state index >= 15 is 0 Å². The van der Waals surface area contributed by atoms with Crippen LogP contribution in [0, 0.1) is 6.92 Å². The summed E-state index contributed by atoms with van der Waals surface area (Å²) in [5.41, 5.74) is 2.75. The monoisotopic (exact) mass is 396 g/mol. The van der Waals surface area contributed by atoms with Gasteiger partial charge in [0.25, 0.3) is 5.56 Å². The van der Waals surface area contributed by atoms with Crippen LogP contribution in [0.15, 0.2) is 29.1 Å². The predicted molar refractivity (Wildman–Crippen MR) is 116 cm³/mol. The van der Waals surface area contributed by atoms with Crippen molar-refractivity contribution in [2.24, 2.45) is 0 Å². The minimum Gasteiger partial charge on any atom is -0.492 e. The molecule has 1 aliphatic rings. The van der Waals surface area contributed by atoms with E-state index in [4.69, 9.17) is 9.72 Å². The number of ether oxygens (including phenoxy) is 1. The Morgan fingerprint density at radius 3 is 2.57 bits per heavy atom. The van der Waals surface area contributed by atoms with Gasteiger partial charge in [0, 0.05) is 4.88 Å². The predicted octanol–water partition coefficient (Wildman–Crippen LogP) is 5.02. The fourth-order valence-electron chi connectivity index (χ4n) is 3.91. The number of thiophene rings is 1. The van der Waals surface area contributed by atoms with Crippen molar-refractivity contribution in [3.63, 3.8) is 0 Å². The minimum absolute atomic E-state index is 0.0913. The zero-order valence-electron chi connectivity index (χ0n) is 17.2. The van der Waals surface area contributed by atoms with Gasteiger partial charge in [-0.3, -0.25) is 9.36 Å². The molecule has 3 aromatic rings. The lowest BCUT2D eigenvalue weighted by molar-refractivity contribution is 0.294. The van der Waals surface area contributed by atoms with Crippen LogP contribution in [-0.2, 0) is 24.8 Å². The Bertz CT molecular complexity index is 1060. The van der Waals surface area contributed by atoms with E-state index in [9.17, 15) is 4.79 Å². The summed E-state index contributed by atoms with van der Waals surface area (Å²) < 4.78 is 7.68. The molecule has 0 unspecified atom stereocenters. The molecule has 0 spiro atoms. The molecular weight excluding hydrogens is 368 g/mol. The number of aromatic nitrogens is 2. The van der Waals surface area contributed by atoms with Crippen molar-refractivity contribution in [1.29, 1.82) is 0 Å². The van der Waals surface area contributed by atoms with Gasteiger partial charge in [0.1, 0.15) is 23.0 Å². The van der Waals surface area contributed by atoms with E-state index in [2.05, 4.69) is 32.9 Å². The first kappa shape index (κ1) is 19.2. The first-order chi connectivity index (χ1) is 13.3. The van der Waals surface area contributed by atoms with Crippen molar-refractivity contribution in [3.8, 4) is 5.75 Å². The molecule has 0 bridgehead atoms. The molecule has 0 aliphatic heterocycles. The summed E-state index contributed by atoms with van der Waals surface area (Å²) in [5, 5.41) is 0.847. The second-order valence-corrected chi connectivity index (χ2v) is 9.71. The van der Waals surface area contributed by atoms with Crippen molar-refractivity contribution in [2.45, 2.75) is 65.3 Å². The van der Waals surface area contributed by atoms with Gasteiger partial charge < -0.3 is 4.74 Å². The lowest BCUT2D eigenvalue weighted by Crippen LogP contribution is -2.26. The summed E-state index contributed by atoms with van der Waals surface area (Å²) in [4.78, 5) is 20.2. The maximum Gasteiger partial charge on any atom is 0.262 e. The molecule has 5 heteroatoms. The van der Waals surface area contributed by atoms with Crippen LogP contribution < -0.4 is 10.3 Å². The van der Waals surface area contributed by atoms with E-state index in [0.29, 0.717) is 13.2 Å². The highest BCUT2D eigenvalue weighted by atomic mass is 32.1. The summed E-state index contributed by atoms with van der Waals surface area (Å²) in [6, 6.07) is 8.23. The van der Waals surface area contributed by atoms with Crippen LogP contribution in [0.1, 0.15) is 55.4 Å². The third kappa shape index (κ3) is 3.60. The Morgan fingerprint density at radius 1 is 1.14 bits per heavy atom. The van der Waals surface area contributed by atoms with Crippen LogP contribution in [-0.4, -0.2) is 16.2 Å². The Hall–Kier alpha value is -2.14. The van der Waals surface area contributed by atoms with Gasteiger partial charge in [-0.15, -0.1) is 11.3 Å². The standard InChI is InChI=1S/C23H28N2O2S/c1-15-24-21-20(18-7-5-6-8-19(18)28-21)22(26)25(15)13-14-27-17-11-9-16(10-12-17)23(2,3)4/h9-12H,5-8,13-14H2,1-4H3. The number of benzene rings is 1. The van der Waals surface area contributed by atoms with Crippen molar-refractivity contribution in [1.82, 2.24) is 9.55 Å². The molecule has 0 saturated heterocycles. The van der Waals surface area contributed by atoms with Crippen LogP contribution in [0.25, 0.3) is 10.2 Å². The fourth-order valence-corrected chi connectivity index (χ4v) is 5.21. The Morgan fingerprint density at radius 2 is 1.86 bits per heavy atom. The molecule has 0 atom stereocenters. The molecule has 0 fully saturated rings. The number of rotatable bonds is 4. The molecule has 0 N–H and O–H groups in total. The van der Waals surface area contributed by atoms with E-state index in [1.807, 2.05) is 19.1 Å². The first-order valence-corrected chi connectivity index (χ1v) is 10.9. The van der Waals surface area contributed by atoms with Crippen molar-refractivity contribution in [3.05, 3.63) is 56.4 Å². The maximum absolute atomic E-state index is 13.2. The van der Waals surface area contributed by atoms with Gasteiger partial charge in [-0.2, -0.15) is 0 Å². The molecule has 28 heavy (non-hydrogen) atoms. The zero-order chi connectivity index (χ0) is 19.9. The molecule has 148 valence electrons. The van der Waals surface area contributed by atoms with Gasteiger partial charge in [0.15, 0.2) is 0 Å². The number of aryl methyl sites for hydroxylation is 3. The molecule has 2 aromatic heterocycles. The van der Waals surface area contributed by atoms with Crippen LogP contribution in [0.2, 0.25) is 0 Å². The molecule has 2 heterocycles. The van der Waals surface area contributed by atoms with Crippen LogP contribution in [0.3, 0.4) is 0 Å². The number of hydrogen-bond donors (Lipinski definition) is 0. The first-order valence-electron chi connectivity index (χ1n) is 10.1. The van der Waals surface area contributed by atoms with Gasteiger partial charge in [0.2, 0.25) is 0 Å². The second kappa shape index (κ2) is 7.36. The largest absolute Gasteiger partial charge is 0.492 e. The Balaban J connectivity index is 1.53. The second-order valence-electron chi connectivity index (χ2n) is 8.63. The highest BCUT2D eigenvalue weighted by molar-refractivity contribution is 7.18. The summed E-state index contributed by atoms with van der Waals surface area (Å²) in [6.45, 7) is 9.48. The number of hydrogen-bond acceptors (Lipinski definition) is 4. The fraction of sp³-hybridized carbons (Fsp3) is 0.478. The highest BCUT2D eigenvalue weighted by Gasteiger charge is 2.21. The smallest absolute Gasteiger partial charge is 0.262 e. The molecule has 0 saturated carbocycles. The van der Waals surface area contributed by atoms with Gasteiger partial charge >= 0.3 is 0 Å². The summed E-state index contributed by atoms with van der Waals surface area (Å²) in [6.07, 6.45) is 4.48. The van der Waals surface area contributed by atoms with E-state index in [-0.39, 0.29) is 11.0 Å². The number of fused-ring (bicyclic) bond motifs is 3. The van der Waals surface area contributed by atoms with E-state index in [1.165, 1.54) is 28.8 Å². The maximum atomic E-state index is 13.2. The van der Waals surface area contributed by atoms with Crippen molar-refractivity contribution in [2.75, 3.05) is 6.61 Å². The molecule has 1 aromatic carbocycles. The topological polar surface area (TPSA) is 44.1 Å². The van der Waals surface area contributed by atoms with Gasteiger partial charge in [-0.25, -0.2) is 4.98 Å². The SMILES string of the molecule is Cc1nc2sc3c(c2c(=O)n1CCOc1ccc(C(C)(C)C)cc1)CCCC3. The zero-order valence-corrected chi connectivity index (χ0v) is 18.0. The Labute approximate surface area is 170 Å². The molecule has 4 nitrogen and oxygen atoms in total. The lowest BCUT2D eigenvalue weighted by atomic mass is 9.87. The Kier molecular flexibility index (Phi) is 5.04. The molecule has 0 amide bonds. The van der Waals surface area contributed by atoms with Gasteiger partial charge in [-0.05, 0) is 61.3 Å². The minimum atomic E-state index is 0.0913. The van der Waals surface area contributed by atoms with Crippen LogP contribution in [0.5, 0.6) is 5.75 Å². The summed E-state index contributed by atoms with van der Waals surface area (Å²) in [7, 11) is 0. The van der Waals surface area contributed by atoms with Crippen molar-refractivity contribution >= 4 is 21.6 Å². The van der Waals surface area contributed by atoms with Crippen LogP contribution >= 0.6 is 11.3 Å². The number of nitrogens with zero attached hydrogens (tertiary/aromatic N) is 2. The molecule has 0 radical (unpaired) electrons. The lowest BCUT2D eigenvalue weighted by Gasteiger charge is -2.19. The summed E-state index contributed by atoms with van der Waals surface area (Å²) >= 11 is 1.70. The quantitative estimate of drug-likeness (QED) is 0.622. The van der Waals surface area contributed by atoms with Crippen molar-refractivity contribution < 1.29 is 4.74 Å². The summed E-state index contributed by atoms with van der Waals surface area (Å²) in [5.74, 6) is 1.60. The third-order valence-corrected chi connectivity index (χ3v) is 6.76. The van der Waals surface area contributed by atoms with Gasteiger partial charge in [-0.1, -0.05) is 32.9 Å².